The molecule has 0 saturated carbocycles. The molecule has 1 atom stereocenters. The predicted octanol–water partition coefficient (Wildman–Crippen LogP) is 2.55. The number of carbonyl (C=O) groups excluding carboxylic acids is 1. The molecular formula is C18H22N4OS. The molecule has 1 amide bonds. The first-order chi connectivity index (χ1) is 11.6. The number of benzene rings is 1. The second kappa shape index (κ2) is 7.21. The van der Waals surface area contributed by atoms with Crippen LogP contribution >= 0.6 is 11.8 Å². The van der Waals surface area contributed by atoms with Crippen LogP contribution in [0.4, 0.5) is 5.95 Å². The van der Waals surface area contributed by atoms with Crippen LogP contribution in [0.2, 0.25) is 0 Å². The summed E-state index contributed by atoms with van der Waals surface area (Å²) in [4.78, 5) is 24.5. The lowest BCUT2D eigenvalue weighted by atomic mass is 9.92. The van der Waals surface area contributed by atoms with Gasteiger partial charge in [0.2, 0.25) is 5.95 Å². The van der Waals surface area contributed by atoms with Gasteiger partial charge in [0.05, 0.1) is 5.56 Å². The van der Waals surface area contributed by atoms with Gasteiger partial charge in [0, 0.05) is 36.9 Å². The monoisotopic (exact) mass is 342 g/mol. The number of carbonyl (C=O) groups is 1. The molecular weight excluding hydrogens is 320 g/mol. The average molecular weight is 342 g/mol. The summed E-state index contributed by atoms with van der Waals surface area (Å²) in [7, 11) is 3.88. The number of aryl methyl sites for hydroxylation is 1. The number of thioether (sulfide) groups is 1. The molecule has 0 aliphatic heterocycles. The van der Waals surface area contributed by atoms with Gasteiger partial charge in [-0.2, -0.15) is 0 Å². The van der Waals surface area contributed by atoms with Gasteiger partial charge in [0.15, 0.2) is 0 Å². The van der Waals surface area contributed by atoms with Crippen molar-refractivity contribution in [3.8, 4) is 0 Å². The number of nitrogens with one attached hydrogen (secondary N) is 1. The number of rotatable bonds is 4. The quantitative estimate of drug-likeness (QED) is 0.866. The number of amides is 1. The van der Waals surface area contributed by atoms with E-state index >= 15 is 0 Å². The fourth-order valence-electron chi connectivity index (χ4n) is 2.93. The van der Waals surface area contributed by atoms with Crippen molar-refractivity contribution >= 4 is 23.6 Å². The fourth-order valence-corrected chi connectivity index (χ4v) is 3.53. The molecule has 0 radical (unpaired) electrons. The minimum atomic E-state index is -0.000713. The molecule has 3 rings (SSSR count). The first-order valence-electron chi connectivity index (χ1n) is 8.04. The molecule has 2 aromatic rings. The molecule has 1 aliphatic rings. The number of hydrogen-bond donors (Lipinski definition) is 1. The topological polar surface area (TPSA) is 58.1 Å². The molecule has 1 heterocycles. The third kappa shape index (κ3) is 3.53. The Bertz CT molecular complexity index is 748. The van der Waals surface area contributed by atoms with Crippen molar-refractivity contribution < 1.29 is 4.79 Å². The van der Waals surface area contributed by atoms with Crippen LogP contribution in [-0.4, -0.2) is 42.3 Å². The summed E-state index contributed by atoms with van der Waals surface area (Å²) in [5.74, 6) is 0.740. The molecule has 1 N–H and O–H groups in total. The third-order valence-corrected chi connectivity index (χ3v) is 5.02. The van der Waals surface area contributed by atoms with Crippen molar-refractivity contribution in [2.24, 2.45) is 0 Å². The molecule has 0 saturated heterocycles. The van der Waals surface area contributed by atoms with Gasteiger partial charge in [-0.25, -0.2) is 9.97 Å². The lowest BCUT2D eigenvalue weighted by molar-refractivity contribution is 0.0930. The number of aromatic nitrogens is 2. The van der Waals surface area contributed by atoms with Crippen LogP contribution in [0.25, 0.3) is 0 Å². The van der Waals surface area contributed by atoms with Crippen LogP contribution < -0.4 is 10.2 Å². The zero-order valence-electron chi connectivity index (χ0n) is 14.2. The lowest BCUT2D eigenvalue weighted by Crippen LogP contribution is -2.39. The van der Waals surface area contributed by atoms with E-state index in [-0.39, 0.29) is 11.9 Å². The fraction of sp³-hybridized carbons (Fsp3) is 0.389. The Hall–Kier alpha value is -2.08. The van der Waals surface area contributed by atoms with Gasteiger partial charge >= 0.3 is 0 Å². The minimum Gasteiger partial charge on any atom is -0.349 e. The smallest absolute Gasteiger partial charge is 0.252 e. The predicted molar refractivity (Wildman–Crippen MR) is 97.9 cm³/mol. The number of fused-ring (bicyclic) bond motifs is 1. The molecule has 126 valence electrons. The lowest BCUT2D eigenvalue weighted by Gasteiger charge is -2.25. The Morgan fingerprint density at radius 2 is 2.12 bits per heavy atom. The van der Waals surface area contributed by atoms with E-state index < -0.39 is 0 Å². The van der Waals surface area contributed by atoms with Crippen LogP contribution in [0.15, 0.2) is 35.4 Å². The van der Waals surface area contributed by atoms with E-state index in [4.69, 9.17) is 0 Å². The van der Waals surface area contributed by atoms with Gasteiger partial charge in [0.1, 0.15) is 0 Å². The Morgan fingerprint density at radius 1 is 1.33 bits per heavy atom. The molecule has 0 fully saturated rings. The van der Waals surface area contributed by atoms with Crippen molar-refractivity contribution in [1.82, 2.24) is 15.3 Å². The Morgan fingerprint density at radius 3 is 2.88 bits per heavy atom. The summed E-state index contributed by atoms with van der Waals surface area (Å²) in [6, 6.07) is 7.85. The standard InChI is InChI=1S/C18H22N4OS/c1-22(2)18-19-11-12-10-13(8-9-15(12)21-18)20-17(23)14-6-4-5-7-16(14)24-3/h4-7,11,13H,8-10H2,1-3H3,(H,20,23). The van der Waals surface area contributed by atoms with Crippen molar-refractivity contribution in [2.75, 3.05) is 25.3 Å². The highest BCUT2D eigenvalue weighted by molar-refractivity contribution is 7.98. The van der Waals surface area contributed by atoms with Gasteiger partial charge in [0.25, 0.3) is 5.91 Å². The molecule has 0 bridgehead atoms. The molecule has 1 unspecified atom stereocenters. The van der Waals surface area contributed by atoms with Crippen molar-refractivity contribution in [2.45, 2.75) is 30.2 Å². The molecule has 1 aromatic carbocycles. The first-order valence-corrected chi connectivity index (χ1v) is 9.27. The van der Waals surface area contributed by atoms with Gasteiger partial charge in [-0.05, 0) is 43.2 Å². The molecule has 24 heavy (non-hydrogen) atoms. The maximum absolute atomic E-state index is 12.6. The van der Waals surface area contributed by atoms with Crippen LogP contribution in [0.1, 0.15) is 28.0 Å². The summed E-state index contributed by atoms with van der Waals surface area (Å²) in [5.41, 5.74) is 2.98. The van der Waals surface area contributed by atoms with E-state index in [0.717, 1.165) is 46.9 Å². The zero-order valence-corrected chi connectivity index (χ0v) is 15.1. The number of anilines is 1. The number of hydrogen-bond acceptors (Lipinski definition) is 5. The van der Waals surface area contributed by atoms with Crippen molar-refractivity contribution in [3.05, 3.63) is 47.3 Å². The van der Waals surface area contributed by atoms with Gasteiger partial charge in [-0.15, -0.1) is 11.8 Å². The van der Waals surface area contributed by atoms with Gasteiger partial charge < -0.3 is 10.2 Å². The SMILES string of the molecule is CSc1ccccc1C(=O)NC1CCc2nc(N(C)C)ncc2C1. The molecule has 0 spiro atoms. The molecule has 5 nitrogen and oxygen atoms in total. The van der Waals surface area contributed by atoms with Crippen molar-refractivity contribution in [1.29, 1.82) is 0 Å². The maximum Gasteiger partial charge on any atom is 0.252 e. The Kier molecular flexibility index (Phi) is 5.04. The van der Waals surface area contributed by atoms with E-state index in [0.29, 0.717) is 0 Å². The van der Waals surface area contributed by atoms with E-state index in [1.54, 1.807) is 11.8 Å². The molecule has 6 heteroatoms. The summed E-state index contributed by atoms with van der Waals surface area (Å²) in [5, 5.41) is 3.17. The third-order valence-electron chi connectivity index (χ3n) is 4.22. The second-order valence-corrected chi connectivity index (χ2v) is 7.00. The van der Waals surface area contributed by atoms with Crippen LogP contribution in [0.5, 0.6) is 0 Å². The number of nitrogens with zero attached hydrogens (tertiary/aromatic N) is 3. The normalized spacial score (nSPS) is 16.4. The van der Waals surface area contributed by atoms with E-state index in [9.17, 15) is 4.79 Å². The summed E-state index contributed by atoms with van der Waals surface area (Å²) in [6.07, 6.45) is 6.45. The summed E-state index contributed by atoms with van der Waals surface area (Å²) >= 11 is 1.59. The van der Waals surface area contributed by atoms with E-state index in [2.05, 4.69) is 15.3 Å². The van der Waals surface area contributed by atoms with Crippen LogP contribution in [-0.2, 0) is 12.8 Å². The van der Waals surface area contributed by atoms with Crippen molar-refractivity contribution in [3.63, 3.8) is 0 Å². The Labute approximate surface area is 146 Å². The van der Waals surface area contributed by atoms with E-state index in [1.807, 2.05) is 55.7 Å². The van der Waals surface area contributed by atoms with Crippen LogP contribution in [0.3, 0.4) is 0 Å². The zero-order chi connectivity index (χ0) is 17.1. The van der Waals surface area contributed by atoms with Gasteiger partial charge in [-0.1, -0.05) is 12.1 Å². The average Bonchev–Trinajstić information content (AvgIpc) is 2.61. The molecule has 1 aromatic heterocycles. The highest BCUT2D eigenvalue weighted by atomic mass is 32.2. The maximum atomic E-state index is 12.6. The summed E-state index contributed by atoms with van der Waals surface area (Å²) < 4.78 is 0. The largest absolute Gasteiger partial charge is 0.349 e. The minimum absolute atomic E-state index is 0.000713. The first kappa shape index (κ1) is 16.8. The highest BCUT2D eigenvalue weighted by Gasteiger charge is 2.23. The molecule has 1 aliphatic carbocycles. The Balaban J connectivity index is 1.71. The highest BCUT2D eigenvalue weighted by Crippen LogP contribution is 2.23. The van der Waals surface area contributed by atoms with E-state index in [1.165, 1.54) is 0 Å². The van der Waals surface area contributed by atoms with Gasteiger partial charge in [-0.3, -0.25) is 4.79 Å². The van der Waals surface area contributed by atoms with Crippen LogP contribution in [0, 0.1) is 0 Å². The summed E-state index contributed by atoms with van der Waals surface area (Å²) in [6.45, 7) is 0. The second-order valence-electron chi connectivity index (χ2n) is 6.15.